The van der Waals surface area contributed by atoms with Crippen LogP contribution in [0.3, 0.4) is 0 Å². The molecule has 0 aromatic heterocycles. The third kappa shape index (κ3) is 3.42. The first-order chi connectivity index (χ1) is 9.61. The standard InChI is InChI=1S/C15H22N2O3/c1-11(15(19)17-7-3-4-8-17)16-10-12-9-13(20-2)5-6-14(12)18/h5-6,9,11,16,18H,3-4,7-8,10H2,1-2H3. The number of likely N-dealkylation sites (tertiary alicyclic amines) is 1. The number of hydrogen-bond donors (Lipinski definition) is 2. The van der Waals surface area contributed by atoms with Crippen molar-refractivity contribution in [3.8, 4) is 11.5 Å². The largest absolute Gasteiger partial charge is 0.508 e. The van der Waals surface area contributed by atoms with E-state index in [9.17, 15) is 9.90 Å². The van der Waals surface area contributed by atoms with Gasteiger partial charge < -0.3 is 20.1 Å². The number of nitrogens with one attached hydrogen (secondary N) is 1. The number of rotatable bonds is 5. The van der Waals surface area contributed by atoms with Crippen molar-refractivity contribution in [1.82, 2.24) is 10.2 Å². The van der Waals surface area contributed by atoms with Crippen molar-refractivity contribution in [3.63, 3.8) is 0 Å². The van der Waals surface area contributed by atoms with Crippen molar-refractivity contribution in [2.45, 2.75) is 32.4 Å². The summed E-state index contributed by atoms with van der Waals surface area (Å²) in [5.41, 5.74) is 0.727. The van der Waals surface area contributed by atoms with Crippen molar-refractivity contribution in [2.75, 3.05) is 20.2 Å². The number of hydrogen-bond acceptors (Lipinski definition) is 4. The highest BCUT2D eigenvalue weighted by Crippen LogP contribution is 2.22. The van der Waals surface area contributed by atoms with Crippen LogP contribution in [-0.2, 0) is 11.3 Å². The molecule has 0 radical (unpaired) electrons. The highest BCUT2D eigenvalue weighted by Gasteiger charge is 2.22. The topological polar surface area (TPSA) is 61.8 Å². The molecule has 1 aliphatic rings. The van der Waals surface area contributed by atoms with Crippen LogP contribution in [0.5, 0.6) is 11.5 Å². The zero-order valence-electron chi connectivity index (χ0n) is 12.1. The first kappa shape index (κ1) is 14.7. The van der Waals surface area contributed by atoms with Gasteiger partial charge >= 0.3 is 0 Å². The molecule has 1 heterocycles. The van der Waals surface area contributed by atoms with Crippen LogP contribution >= 0.6 is 0 Å². The van der Waals surface area contributed by atoms with E-state index in [1.165, 1.54) is 0 Å². The van der Waals surface area contributed by atoms with E-state index in [1.807, 2.05) is 11.8 Å². The zero-order valence-corrected chi connectivity index (χ0v) is 12.1. The van der Waals surface area contributed by atoms with E-state index in [0.29, 0.717) is 12.3 Å². The summed E-state index contributed by atoms with van der Waals surface area (Å²) in [5, 5.41) is 13.0. The lowest BCUT2D eigenvalue weighted by Crippen LogP contribution is -2.43. The second-order valence-corrected chi connectivity index (χ2v) is 5.13. The number of aromatic hydroxyl groups is 1. The summed E-state index contributed by atoms with van der Waals surface area (Å²) in [7, 11) is 1.59. The summed E-state index contributed by atoms with van der Waals surface area (Å²) in [6.45, 7) is 4.01. The predicted molar refractivity (Wildman–Crippen MR) is 76.8 cm³/mol. The molecule has 0 saturated carbocycles. The van der Waals surface area contributed by atoms with E-state index in [4.69, 9.17) is 4.74 Å². The van der Waals surface area contributed by atoms with Crippen LogP contribution in [0.2, 0.25) is 0 Å². The maximum atomic E-state index is 12.2. The normalized spacial score (nSPS) is 16.2. The van der Waals surface area contributed by atoms with E-state index in [0.717, 1.165) is 31.5 Å². The average molecular weight is 278 g/mol. The molecule has 1 aromatic rings. The molecule has 1 amide bonds. The SMILES string of the molecule is COc1ccc(O)c(CNC(C)C(=O)N2CCCC2)c1. The van der Waals surface area contributed by atoms with Crippen LogP contribution in [0, 0.1) is 0 Å². The number of carbonyl (C=O) groups excluding carboxylic acids is 1. The lowest BCUT2D eigenvalue weighted by atomic mass is 10.1. The molecule has 1 saturated heterocycles. The Labute approximate surface area is 119 Å². The number of ether oxygens (including phenoxy) is 1. The molecule has 2 N–H and O–H groups in total. The molecule has 5 nitrogen and oxygen atoms in total. The molecule has 1 aliphatic heterocycles. The summed E-state index contributed by atoms with van der Waals surface area (Å²) in [6.07, 6.45) is 2.18. The van der Waals surface area contributed by atoms with Gasteiger partial charge in [-0.05, 0) is 38.0 Å². The Balaban J connectivity index is 1.92. The van der Waals surface area contributed by atoms with Gasteiger partial charge in [0.05, 0.1) is 13.2 Å². The predicted octanol–water partition coefficient (Wildman–Crippen LogP) is 1.50. The van der Waals surface area contributed by atoms with Gasteiger partial charge in [-0.15, -0.1) is 0 Å². The van der Waals surface area contributed by atoms with E-state index in [-0.39, 0.29) is 17.7 Å². The van der Waals surface area contributed by atoms with Crippen molar-refractivity contribution in [1.29, 1.82) is 0 Å². The fourth-order valence-corrected chi connectivity index (χ4v) is 2.39. The maximum absolute atomic E-state index is 12.2. The van der Waals surface area contributed by atoms with Gasteiger partial charge in [-0.2, -0.15) is 0 Å². The zero-order chi connectivity index (χ0) is 14.5. The quantitative estimate of drug-likeness (QED) is 0.857. The second kappa shape index (κ2) is 6.61. The summed E-state index contributed by atoms with van der Waals surface area (Å²) in [4.78, 5) is 14.0. The lowest BCUT2D eigenvalue weighted by molar-refractivity contribution is -0.131. The van der Waals surface area contributed by atoms with Crippen LogP contribution in [-0.4, -0.2) is 42.2 Å². The van der Waals surface area contributed by atoms with E-state index >= 15 is 0 Å². The van der Waals surface area contributed by atoms with Crippen LogP contribution in [0.15, 0.2) is 18.2 Å². The van der Waals surface area contributed by atoms with Gasteiger partial charge in [-0.1, -0.05) is 0 Å². The second-order valence-electron chi connectivity index (χ2n) is 5.13. The van der Waals surface area contributed by atoms with Gasteiger partial charge in [0, 0.05) is 25.2 Å². The molecule has 5 heteroatoms. The van der Waals surface area contributed by atoms with E-state index in [2.05, 4.69) is 5.32 Å². The third-order valence-corrected chi connectivity index (χ3v) is 3.67. The summed E-state index contributed by atoms with van der Waals surface area (Å²) in [5.74, 6) is 1.03. The molecule has 1 fully saturated rings. The number of benzene rings is 1. The lowest BCUT2D eigenvalue weighted by Gasteiger charge is -2.21. The maximum Gasteiger partial charge on any atom is 0.239 e. The van der Waals surface area contributed by atoms with Crippen LogP contribution < -0.4 is 10.1 Å². The number of phenolic OH excluding ortho intramolecular Hbond substituents is 1. The van der Waals surface area contributed by atoms with Gasteiger partial charge in [-0.25, -0.2) is 0 Å². The Bertz CT molecular complexity index is 470. The van der Waals surface area contributed by atoms with Crippen LogP contribution in [0.25, 0.3) is 0 Å². The van der Waals surface area contributed by atoms with Crippen LogP contribution in [0.4, 0.5) is 0 Å². The first-order valence-electron chi connectivity index (χ1n) is 7.00. The van der Waals surface area contributed by atoms with Crippen molar-refractivity contribution in [3.05, 3.63) is 23.8 Å². The Morgan fingerprint density at radius 1 is 1.45 bits per heavy atom. The molecule has 110 valence electrons. The molecule has 1 aromatic carbocycles. The average Bonchev–Trinajstić information content (AvgIpc) is 2.99. The minimum atomic E-state index is -0.251. The van der Waals surface area contributed by atoms with Crippen molar-refractivity contribution in [2.24, 2.45) is 0 Å². The summed E-state index contributed by atoms with van der Waals surface area (Å²) < 4.78 is 5.13. The molecular formula is C15H22N2O3. The van der Waals surface area contributed by atoms with Gasteiger partial charge in [-0.3, -0.25) is 4.79 Å². The Kier molecular flexibility index (Phi) is 4.84. The molecule has 0 aliphatic carbocycles. The van der Waals surface area contributed by atoms with Crippen molar-refractivity contribution >= 4 is 5.91 Å². The monoisotopic (exact) mass is 278 g/mol. The number of amides is 1. The Morgan fingerprint density at radius 2 is 2.15 bits per heavy atom. The van der Waals surface area contributed by atoms with Gasteiger partial charge in [0.25, 0.3) is 0 Å². The summed E-state index contributed by atoms with van der Waals surface area (Å²) >= 11 is 0. The minimum absolute atomic E-state index is 0.130. The molecule has 0 spiro atoms. The molecule has 0 bridgehead atoms. The minimum Gasteiger partial charge on any atom is -0.508 e. The summed E-state index contributed by atoms with van der Waals surface area (Å²) in [6, 6.07) is 4.83. The third-order valence-electron chi connectivity index (χ3n) is 3.67. The van der Waals surface area contributed by atoms with Gasteiger partial charge in [0.1, 0.15) is 11.5 Å². The fraction of sp³-hybridized carbons (Fsp3) is 0.533. The first-order valence-corrected chi connectivity index (χ1v) is 7.00. The number of methoxy groups -OCH3 is 1. The molecule has 1 unspecified atom stereocenters. The Hall–Kier alpha value is -1.75. The smallest absolute Gasteiger partial charge is 0.239 e. The van der Waals surface area contributed by atoms with E-state index in [1.54, 1.807) is 25.3 Å². The van der Waals surface area contributed by atoms with Gasteiger partial charge in [0.15, 0.2) is 0 Å². The Morgan fingerprint density at radius 3 is 2.80 bits per heavy atom. The molecular weight excluding hydrogens is 256 g/mol. The molecule has 1 atom stereocenters. The van der Waals surface area contributed by atoms with E-state index < -0.39 is 0 Å². The highest BCUT2D eigenvalue weighted by atomic mass is 16.5. The highest BCUT2D eigenvalue weighted by molar-refractivity contribution is 5.81. The van der Waals surface area contributed by atoms with Crippen LogP contribution in [0.1, 0.15) is 25.3 Å². The number of phenols is 1. The van der Waals surface area contributed by atoms with Gasteiger partial charge in [0.2, 0.25) is 5.91 Å². The molecule has 2 rings (SSSR count). The number of nitrogens with zero attached hydrogens (tertiary/aromatic N) is 1. The molecule has 20 heavy (non-hydrogen) atoms. The number of carbonyl (C=O) groups is 1. The fourth-order valence-electron chi connectivity index (χ4n) is 2.39. The van der Waals surface area contributed by atoms with Crippen molar-refractivity contribution < 1.29 is 14.6 Å².